The molecule has 0 aromatic carbocycles. The molecule has 0 unspecified atom stereocenters. The van der Waals surface area contributed by atoms with Crippen molar-refractivity contribution < 1.29 is 0 Å². The quantitative estimate of drug-likeness (QED) is 0.729. The Labute approximate surface area is 99.6 Å². The fraction of sp³-hybridized carbons (Fsp3) is 0.667. The molecule has 1 aromatic rings. The Bertz CT molecular complexity index is 391. The van der Waals surface area contributed by atoms with Gasteiger partial charge < -0.3 is 5.73 Å². The molecule has 2 aliphatic carbocycles. The summed E-state index contributed by atoms with van der Waals surface area (Å²) in [6.45, 7) is 0. The summed E-state index contributed by atoms with van der Waals surface area (Å²) in [6.07, 6.45) is 9.41. The van der Waals surface area contributed by atoms with Gasteiger partial charge in [0.25, 0.3) is 0 Å². The summed E-state index contributed by atoms with van der Waals surface area (Å²) in [5.74, 6) is 0. The molecule has 0 amide bonds. The molecule has 2 N–H and O–H groups in total. The van der Waals surface area contributed by atoms with Gasteiger partial charge >= 0.3 is 0 Å². The predicted octanol–water partition coefficient (Wildman–Crippen LogP) is 4.03. The van der Waals surface area contributed by atoms with Crippen LogP contribution in [-0.4, -0.2) is 0 Å². The number of nitrogen functional groups attached to an aromatic ring is 1. The molecule has 1 heterocycles. The summed E-state index contributed by atoms with van der Waals surface area (Å²) in [6, 6.07) is 0. The molecule has 0 radical (unpaired) electrons. The topological polar surface area (TPSA) is 26.0 Å². The molecule has 0 saturated heterocycles. The van der Waals surface area contributed by atoms with Gasteiger partial charge in [0, 0.05) is 4.88 Å². The van der Waals surface area contributed by atoms with Gasteiger partial charge in [-0.3, -0.25) is 0 Å². The number of hydrogen-bond donors (Lipinski definition) is 1. The van der Waals surface area contributed by atoms with E-state index in [1.54, 1.807) is 11.3 Å². The molecule has 15 heavy (non-hydrogen) atoms. The largest absolute Gasteiger partial charge is 0.397 e. The number of hydrogen-bond acceptors (Lipinski definition) is 2. The average Bonchev–Trinajstić information content (AvgIpc) is 2.75. The van der Waals surface area contributed by atoms with Crippen molar-refractivity contribution in [3.63, 3.8) is 0 Å². The predicted molar refractivity (Wildman–Crippen MR) is 66.7 cm³/mol. The summed E-state index contributed by atoms with van der Waals surface area (Å²) >= 11 is 7.83. The van der Waals surface area contributed by atoms with E-state index in [9.17, 15) is 0 Å². The molecule has 2 aliphatic rings. The van der Waals surface area contributed by atoms with Gasteiger partial charge in [-0.05, 0) is 43.1 Å². The number of fused-ring (bicyclic) bond motifs is 1. The maximum Gasteiger partial charge on any atom is 0.116 e. The third-order valence-corrected chi connectivity index (χ3v) is 5.66. The first kappa shape index (κ1) is 9.98. The molecular formula is C12H16ClNS. The van der Waals surface area contributed by atoms with Crippen LogP contribution in [0.1, 0.15) is 42.5 Å². The number of halogens is 1. The summed E-state index contributed by atoms with van der Waals surface area (Å²) in [4.78, 5) is 1.48. The van der Waals surface area contributed by atoms with E-state index in [4.69, 9.17) is 17.3 Å². The fourth-order valence-corrected chi connectivity index (χ4v) is 4.84. The first-order valence-electron chi connectivity index (χ1n) is 5.76. The van der Waals surface area contributed by atoms with Gasteiger partial charge in [0.2, 0.25) is 0 Å². The molecule has 1 nitrogen and oxygen atoms in total. The Balaban J connectivity index is 1.96. The summed E-state index contributed by atoms with van der Waals surface area (Å²) in [5, 5.41) is 0. The van der Waals surface area contributed by atoms with Gasteiger partial charge in [0.05, 0.1) is 5.69 Å². The lowest BCUT2D eigenvalue weighted by Crippen LogP contribution is -2.24. The van der Waals surface area contributed by atoms with Gasteiger partial charge in [-0.1, -0.05) is 24.4 Å². The highest BCUT2D eigenvalue weighted by Crippen LogP contribution is 2.51. The molecule has 1 saturated carbocycles. The maximum absolute atomic E-state index is 6.11. The van der Waals surface area contributed by atoms with Crippen molar-refractivity contribution in [1.29, 1.82) is 0 Å². The zero-order chi connectivity index (χ0) is 10.5. The summed E-state index contributed by atoms with van der Waals surface area (Å²) < 4.78 is 0.815. The van der Waals surface area contributed by atoms with Crippen LogP contribution in [0.15, 0.2) is 0 Å². The summed E-state index contributed by atoms with van der Waals surface area (Å²) in [7, 11) is 0. The first-order valence-corrected chi connectivity index (χ1v) is 6.95. The Morgan fingerprint density at radius 2 is 1.93 bits per heavy atom. The third kappa shape index (κ3) is 1.50. The van der Waals surface area contributed by atoms with Crippen molar-refractivity contribution in [1.82, 2.24) is 0 Å². The third-order valence-electron chi connectivity index (χ3n) is 4.19. The Kier molecular flexibility index (Phi) is 2.26. The van der Waals surface area contributed by atoms with Crippen LogP contribution in [0.3, 0.4) is 0 Å². The van der Waals surface area contributed by atoms with E-state index >= 15 is 0 Å². The zero-order valence-electron chi connectivity index (χ0n) is 8.81. The van der Waals surface area contributed by atoms with E-state index in [0.29, 0.717) is 5.41 Å². The highest BCUT2D eigenvalue weighted by Gasteiger charge is 2.38. The second kappa shape index (κ2) is 3.39. The average molecular weight is 242 g/mol. The number of nitrogens with two attached hydrogens (primary N) is 1. The molecule has 3 heteroatoms. The zero-order valence-corrected chi connectivity index (χ0v) is 10.4. The van der Waals surface area contributed by atoms with Crippen LogP contribution in [-0.2, 0) is 12.8 Å². The number of anilines is 1. The molecule has 82 valence electrons. The Morgan fingerprint density at radius 1 is 1.20 bits per heavy atom. The molecule has 0 aliphatic heterocycles. The Morgan fingerprint density at radius 3 is 2.67 bits per heavy atom. The van der Waals surface area contributed by atoms with Crippen LogP contribution >= 0.6 is 22.9 Å². The van der Waals surface area contributed by atoms with Crippen molar-refractivity contribution in [2.24, 2.45) is 5.41 Å². The van der Waals surface area contributed by atoms with Crippen LogP contribution < -0.4 is 5.73 Å². The SMILES string of the molecule is Nc1c(Cl)sc2c1CCC1(CCCC1)C2. The molecule has 1 aromatic heterocycles. The first-order chi connectivity index (χ1) is 7.20. The van der Waals surface area contributed by atoms with E-state index in [0.717, 1.165) is 16.4 Å². The molecule has 1 fully saturated rings. The van der Waals surface area contributed by atoms with Crippen molar-refractivity contribution in [2.75, 3.05) is 5.73 Å². The van der Waals surface area contributed by atoms with Gasteiger partial charge in [0.15, 0.2) is 0 Å². The molecule has 3 rings (SSSR count). The maximum atomic E-state index is 6.11. The second-order valence-electron chi connectivity index (χ2n) is 5.08. The molecule has 0 bridgehead atoms. The number of thiophene rings is 1. The van der Waals surface area contributed by atoms with Crippen LogP contribution in [0.2, 0.25) is 4.34 Å². The lowest BCUT2D eigenvalue weighted by Gasteiger charge is -2.33. The Hall–Kier alpha value is -0.210. The van der Waals surface area contributed by atoms with Crippen molar-refractivity contribution in [2.45, 2.75) is 44.9 Å². The van der Waals surface area contributed by atoms with Gasteiger partial charge in [-0.25, -0.2) is 0 Å². The second-order valence-corrected chi connectivity index (χ2v) is 6.78. The highest BCUT2D eigenvalue weighted by molar-refractivity contribution is 7.17. The van der Waals surface area contributed by atoms with Gasteiger partial charge in [0.1, 0.15) is 4.34 Å². The van der Waals surface area contributed by atoms with E-state index < -0.39 is 0 Å². The highest BCUT2D eigenvalue weighted by atomic mass is 35.5. The molecule has 0 atom stereocenters. The van der Waals surface area contributed by atoms with Crippen LogP contribution in [0.5, 0.6) is 0 Å². The normalized spacial score (nSPS) is 23.3. The molecule has 1 spiro atoms. The number of rotatable bonds is 0. The van der Waals surface area contributed by atoms with E-state index in [2.05, 4.69) is 0 Å². The van der Waals surface area contributed by atoms with Crippen molar-refractivity contribution in [3.8, 4) is 0 Å². The lowest BCUT2D eigenvalue weighted by molar-refractivity contribution is 0.258. The standard InChI is InChI=1S/C12H16ClNS/c13-11-10(14)8-3-6-12(4-1-2-5-12)7-9(8)15-11/h1-7,14H2. The fourth-order valence-electron chi connectivity index (χ4n) is 3.28. The van der Waals surface area contributed by atoms with E-state index in [1.807, 2.05) is 0 Å². The monoisotopic (exact) mass is 241 g/mol. The van der Waals surface area contributed by atoms with Crippen LogP contribution in [0, 0.1) is 5.41 Å². The van der Waals surface area contributed by atoms with Crippen molar-refractivity contribution >= 4 is 28.6 Å². The minimum Gasteiger partial charge on any atom is -0.397 e. The smallest absolute Gasteiger partial charge is 0.116 e. The lowest BCUT2D eigenvalue weighted by atomic mass is 9.73. The van der Waals surface area contributed by atoms with Gasteiger partial charge in [-0.15, -0.1) is 11.3 Å². The van der Waals surface area contributed by atoms with E-state index in [-0.39, 0.29) is 0 Å². The minimum absolute atomic E-state index is 0.619. The van der Waals surface area contributed by atoms with Crippen molar-refractivity contribution in [3.05, 3.63) is 14.8 Å². The van der Waals surface area contributed by atoms with E-state index in [1.165, 1.54) is 49.0 Å². The van der Waals surface area contributed by atoms with Gasteiger partial charge in [-0.2, -0.15) is 0 Å². The van der Waals surface area contributed by atoms with Crippen LogP contribution in [0.4, 0.5) is 5.69 Å². The van der Waals surface area contributed by atoms with Crippen LogP contribution in [0.25, 0.3) is 0 Å². The molecular weight excluding hydrogens is 226 g/mol. The minimum atomic E-state index is 0.619. The summed E-state index contributed by atoms with van der Waals surface area (Å²) in [5.41, 5.74) is 8.84.